The SMILES string of the molecule is O=C(CCCOc1ccccc1)NCc1ccnc(OCc2ccccc2)c1. The molecule has 0 saturated carbocycles. The van der Waals surface area contributed by atoms with E-state index in [-0.39, 0.29) is 5.91 Å². The topological polar surface area (TPSA) is 60.5 Å². The summed E-state index contributed by atoms with van der Waals surface area (Å²) in [6.45, 7) is 1.43. The van der Waals surface area contributed by atoms with Crippen molar-refractivity contribution in [1.29, 1.82) is 0 Å². The van der Waals surface area contributed by atoms with Crippen LogP contribution in [0.1, 0.15) is 24.0 Å². The van der Waals surface area contributed by atoms with Gasteiger partial charge in [-0.2, -0.15) is 0 Å². The first-order valence-corrected chi connectivity index (χ1v) is 9.36. The van der Waals surface area contributed by atoms with Crippen LogP contribution in [0.5, 0.6) is 11.6 Å². The zero-order valence-electron chi connectivity index (χ0n) is 15.7. The van der Waals surface area contributed by atoms with Gasteiger partial charge in [-0.25, -0.2) is 4.98 Å². The van der Waals surface area contributed by atoms with Crippen LogP contribution in [0.2, 0.25) is 0 Å². The Morgan fingerprint density at radius 2 is 1.64 bits per heavy atom. The van der Waals surface area contributed by atoms with Crippen LogP contribution in [0.15, 0.2) is 79.0 Å². The summed E-state index contributed by atoms with van der Waals surface area (Å²) in [5, 5.41) is 2.92. The quantitative estimate of drug-likeness (QED) is 0.540. The smallest absolute Gasteiger partial charge is 0.220 e. The number of carbonyl (C=O) groups is 1. The summed E-state index contributed by atoms with van der Waals surface area (Å²) in [7, 11) is 0. The zero-order valence-corrected chi connectivity index (χ0v) is 15.7. The average molecular weight is 376 g/mol. The van der Waals surface area contributed by atoms with Crippen LogP contribution in [0.4, 0.5) is 0 Å². The number of ether oxygens (including phenoxy) is 2. The molecule has 0 radical (unpaired) electrons. The number of nitrogens with one attached hydrogen (secondary N) is 1. The molecule has 28 heavy (non-hydrogen) atoms. The third-order valence-electron chi connectivity index (χ3n) is 4.08. The number of benzene rings is 2. The molecule has 0 aliphatic rings. The maximum atomic E-state index is 12.0. The van der Waals surface area contributed by atoms with Crippen LogP contribution in [0.3, 0.4) is 0 Å². The molecule has 0 aliphatic carbocycles. The molecule has 1 amide bonds. The first kappa shape index (κ1) is 19.4. The molecule has 0 saturated heterocycles. The summed E-state index contributed by atoms with van der Waals surface area (Å²) in [6.07, 6.45) is 2.79. The minimum Gasteiger partial charge on any atom is -0.494 e. The number of para-hydroxylation sites is 1. The van der Waals surface area contributed by atoms with Gasteiger partial charge in [-0.15, -0.1) is 0 Å². The second-order valence-electron chi connectivity index (χ2n) is 6.32. The predicted octanol–water partition coefficient (Wildman–Crippen LogP) is 4.14. The monoisotopic (exact) mass is 376 g/mol. The number of rotatable bonds is 10. The van der Waals surface area contributed by atoms with E-state index in [2.05, 4.69) is 10.3 Å². The molecule has 2 aromatic carbocycles. The van der Waals surface area contributed by atoms with Crippen LogP contribution in [0.25, 0.3) is 0 Å². The Bertz CT molecular complexity index is 854. The van der Waals surface area contributed by atoms with E-state index in [4.69, 9.17) is 9.47 Å². The van der Waals surface area contributed by atoms with Crippen LogP contribution in [0, 0.1) is 0 Å². The number of pyridine rings is 1. The molecule has 1 aromatic heterocycles. The van der Waals surface area contributed by atoms with E-state index < -0.39 is 0 Å². The van der Waals surface area contributed by atoms with Crippen molar-refractivity contribution in [3.8, 4) is 11.6 Å². The minimum atomic E-state index is 0.000211. The fourth-order valence-corrected chi connectivity index (χ4v) is 2.60. The lowest BCUT2D eigenvalue weighted by molar-refractivity contribution is -0.121. The van der Waals surface area contributed by atoms with Gasteiger partial charge in [-0.3, -0.25) is 4.79 Å². The van der Waals surface area contributed by atoms with Gasteiger partial charge < -0.3 is 14.8 Å². The van der Waals surface area contributed by atoms with Crippen molar-refractivity contribution in [3.63, 3.8) is 0 Å². The Balaban J connectivity index is 1.36. The van der Waals surface area contributed by atoms with Gasteiger partial charge in [0.25, 0.3) is 0 Å². The highest BCUT2D eigenvalue weighted by atomic mass is 16.5. The molecule has 5 heteroatoms. The van der Waals surface area contributed by atoms with Crippen LogP contribution in [-0.4, -0.2) is 17.5 Å². The zero-order chi connectivity index (χ0) is 19.4. The van der Waals surface area contributed by atoms with E-state index in [1.54, 1.807) is 6.20 Å². The van der Waals surface area contributed by atoms with Gasteiger partial charge in [0.2, 0.25) is 11.8 Å². The highest BCUT2D eigenvalue weighted by Gasteiger charge is 2.04. The van der Waals surface area contributed by atoms with Gasteiger partial charge in [-0.1, -0.05) is 48.5 Å². The second-order valence-corrected chi connectivity index (χ2v) is 6.32. The molecule has 144 valence electrons. The molecule has 1 heterocycles. The van der Waals surface area contributed by atoms with Gasteiger partial charge in [0.15, 0.2) is 0 Å². The van der Waals surface area contributed by atoms with Crippen LogP contribution >= 0.6 is 0 Å². The Hall–Kier alpha value is -3.34. The summed E-state index contributed by atoms with van der Waals surface area (Å²) < 4.78 is 11.3. The van der Waals surface area contributed by atoms with Crippen LogP contribution in [-0.2, 0) is 17.9 Å². The van der Waals surface area contributed by atoms with Crippen molar-refractivity contribution < 1.29 is 14.3 Å². The third kappa shape index (κ3) is 6.76. The fraction of sp³-hybridized carbons (Fsp3) is 0.217. The average Bonchev–Trinajstić information content (AvgIpc) is 2.76. The molecule has 5 nitrogen and oxygen atoms in total. The number of aromatic nitrogens is 1. The molecule has 0 unspecified atom stereocenters. The predicted molar refractivity (Wildman–Crippen MR) is 108 cm³/mol. The Morgan fingerprint density at radius 1 is 0.893 bits per heavy atom. The first-order valence-electron chi connectivity index (χ1n) is 9.36. The van der Waals surface area contributed by atoms with E-state index in [1.165, 1.54) is 0 Å². The summed E-state index contributed by atoms with van der Waals surface area (Å²) in [5.41, 5.74) is 2.03. The molecule has 0 atom stereocenters. The van der Waals surface area contributed by atoms with Crippen molar-refractivity contribution in [2.45, 2.75) is 26.0 Å². The number of nitrogens with zero attached hydrogens (tertiary/aromatic N) is 1. The van der Waals surface area contributed by atoms with E-state index in [1.807, 2.05) is 72.8 Å². The van der Waals surface area contributed by atoms with Crippen molar-refractivity contribution in [2.24, 2.45) is 0 Å². The molecule has 1 N–H and O–H groups in total. The normalized spacial score (nSPS) is 10.3. The highest BCUT2D eigenvalue weighted by Crippen LogP contribution is 2.12. The number of hydrogen-bond donors (Lipinski definition) is 1. The lowest BCUT2D eigenvalue weighted by Gasteiger charge is -2.09. The van der Waals surface area contributed by atoms with Crippen molar-refractivity contribution in [3.05, 3.63) is 90.1 Å². The molecule has 3 rings (SSSR count). The summed E-state index contributed by atoms with van der Waals surface area (Å²) in [6, 6.07) is 23.3. The standard InChI is InChI=1S/C23H24N2O3/c26-22(12-7-15-27-21-10-5-2-6-11-21)25-17-20-13-14-24-23(16-20)28-18-19-8-3-1-4-9-19/h1-6,8-11,13-14,16H,7,12,15,17-18H2,(H,25,26). The van der Waals surface area contributed by atoms with E-state index in [0.29, 0.717) is 38.5 Å². The van der Waals surface area contributed by atoms with Crippen molar-refractivity contribution in [1.82, 2.24) is 10.3 Å². The van der Waals surface area contributed by atoms with Crippen LogP contribution < -0.4 is 14.8 Å². The number of carbonyl (C=O) groups excluding carboxylic acids is 1. The summed E-state index contributed by atoms with van der Waals surface area (Å²) in [4.78, 5) is 16.2. The van der Waals surface area contributed by atoms with Crippen molar-refractivity contribution in [2.75, 3.05) is 6.61 Å². The largest absolute Gasteiger partial charge is 0.494 e. The highest BCUT2D eigenvalue weighted by molar-refractivity contribution is 5.75. The van der Waals surface area contributed by atoms with Gasteiger partial charge in [0.05, 0.1) is 6.61 Å². The fourth-order valence-electron chi connectivity index (χ4n) is 2.60. The van der Waals surface area contributed by atoms with Gasteiger partial charge >= 0.3 is 0 Å². The minimum absolute atomic E-state index is 0.000211. The molecule has 3 aromatic rings. The molecule has 0 aliphatic heterocycles. The molecule has 0 bridgehead atoms. The Labute approximate surface area is 165 Å². The van der Waals surface area contributed by atoms with E-state index >= 15 is 0 Å². The van der Waals surface area contributed by atoms with Gasteiger partial charge in [0.1, 0.15) is 12.4 Å². The maximum Gasteiger partial charge on any atom is 0.220 e. The summed E-state index contributed by atoms with van der Waals surface area (Å²) >= 11 is 0. The lowest BCUT2D eigenvalue weighted by atomic mass is 10.2. The Kier molecular flexibility index (Phi) is 7.44. The van der Waals surface area contributed by atoms with E-state index in [0.717, 1.165) is 16.9 Å². The molecular formula is C23H24N2O3. The third-order valence-corrected chi connectivity index (χ3v) is 4.08. The van der Waals surface area contributed by atoms with Gasteiger partial charge in [0, 0.05) is 25.2 Å². The van der Waals surface area contributed by atoms with E-state index in [9.17, 15) is 4.79 Å². The summed E-state index contributed by atoms with van der Waals surface area (Å²) in [5.74, 6) is 1.37. The lowest BCUT2D eigenvalue weighted by Crippen LogP contribution is -2.23. The van der Waals surface area contributed by atoms with Gasteiger partial charge in [-0.05, 0) is 35.7 Å². The van der Waals surface area contributed by atoms with Crippen molar-refractivity contribution >= 4 is 5.91 Å². The Morgan fingerprint density at radius 3 is 2.43 bits per heavy atom. The number of hydrogen-bond acceptors (Lipinski definition) is 4. The molecular weight excluding hydrogens is 352 g/mol. The molecule has 0 spiro atoms. The molecule has 0 fully saturated rings. The number of amides is 1. The first-order chi connectivity index (χ1) is 13.8. The second kappa shape index (κ2) is 10.7. The maximum absolute atomic E-state index is 12.0.